The molecular formula is C47H42N16O9. The van der Waals surface area contributed by atoms with Crippen LogP contribution in [0.2, 0.25) is 0 Å². The molecule has 0 bridgehead atoms. The van der Waals surface area contributed by atoms with Gasteiger partial charge in [-0.3, -0.25) is 4.79 Å². The number of carbonyl (C=O) groups excluding carboxylic acids is 4. The van der Waals surface area contributed by atoms with Crippen molar-refractivity contribution >= 4 is 45.6 Å². The minimum Gasteiger partial charge on any atom is -0.457 e. The van der Waals surface area contributed by atoms with Crippen molar-refractivity contribution in [2.24, 2.45) is 20.5 Å². The zero-order chi connectivity index (χ0) is 50.4. The van der Waals surface area contributed by atoms with Gasteiger partial charge in [0.2, 0.25) is 0 Å². The summed E-state index contributed by atoms with van der Waals surface area (Å²) >= 11 is 0. The molecule has 4 aromatic carbocycles. The van der Waals surface area contributed by atoms with Crippen LogP contribution in [0, 0.1) is 0 Å². The Labute approximate surface area is 407 Å². The van der Waals surface area contributed by atoms with Crippen LogP contribution in [0.25, 0.3) is 63.6 Å². The van der Waals surface area contributed by atoms with E-state index in [9.17, 15) is 41.3 Å². The zero-order valence-electron chi connectivity index (χ0n) is 37.7. The first-order chi connectivity index (χ1) is 35.2. The molecule has 25 heteroatoms. The SMILES string of the molecule is [N-]=[N+]=NC[C@H]1O[C@H](O[C@H]2[C@@H](NCCNC(=O)c3cc4c(cn3)[nH]c3ccccc34)[C@@H](OC(=O)c3ccccc3)[C@H](N=[N+]=[N-])C[C@@H]2N=[N+]=[N-])[C@H](N=[N+]=[N-])[C@@H](OC(=O)c2ccccc2)[C@@H]1OC(=O)c1ccccc1. The third-order valence-corrected chi connectivity index (χ3v) is 11.9. The third kappa shape index (κ3) is 11.3. The molecule has 3 heterocycles. The van der Waals surface area contributed by atoms with Crippen molar-refractivity contribution in [3.05, 3.63) is 192 Å². The number of azide groups is 4. The molecule has 1 saturated carbocycles. The molecule has 2 aromatic heterocycles. The van der Waals surface area contributed by atoms with Gasteiger partial charge >= 0.3 is 17.9 Å². The van der Waals surface area contributed by atoms with Gasteiger partial charge in [0.25, 0.3) is 5.91 Å². The second-order valence-electron chi connectivity index (χ2n) is 16.3. The molecule has 1 amide bonds. The minimum atomic E-state index is -1.79. The number of nitrogens with one attached hydrogen (secondary N) is 3. The van der Waals surface area contributed by atoms with Crippen LogP contribution in [0.4, 0.5) is 0 Å². The fraction of sp³-hybridized carbons (Fsp3) is 0.298. The summed E-state index contributed by atoms with van der Waals surface area (Å²) in [5, 5.41) is 23.2. The van der Waals surface area contributed by atoms with Gasteiger partial charge in [0.1, 0.15) is 23.9 Å². The highest BCUT2D eigenvalue weighted by Crippen LogP contribution is 2.37. The van der Waals surface area contributed by atoms with E-state index in [4.69, 9.17) is 23.7 Å². The Morgan fingerprint density at radius 1 is 0.639 bits per heavy atom. The van der Waals surface area contributed by atoms with Gasteiger partial charge in [-0.05, 0) is 77.1 Å². The molecule has 1 aliphatic carbocycles. The smallest absolute Gasteiger partial charge is 0.338 e. The van der Waals surface area contributed by atoms with Crippen LogP contribution in [0.3, 0.4) is 0 Å². The molecule has 364 valence electrons. The van der Waals surface area contributed by atoms with E-state index in [0.29, 0.717) is 0 Å². The van der Waals surface area contributed by atoms with Crippen LogP contribution in [0.15, 0.2) is 148 Å². The van der Waals surface area contributed by atoms with Gasteiger partial charge in [-0.25, -0.2) is 19.4 Å². The van der Waals surface area contributed by atoms with Crippen LogP contribution < -0.4 is 10.6 Å². The maximum Gasteiger partial charge on any atom is 0.338 e. The Kier molecular flexibility index (Phi) is 16.0. The maximum atomic E-state index is 13.9. The topological polar surface area (TPSA) is 362 Å². The van der Waals surface area contributed by atoms with Gasteiger partial charge < -0.3 is 39.3 Å². The molecule has 3 N–H and O–H groups in total. The van der Waals surface area contributed by atoms with E-state index in [-0.39, 0.29) is 41.9 Å². The average molecular weight is 975 g/mol. The number of nitrogens with zero attached hydrogens (tertiary/aromatic N) is 13. The quantitative estimate of drug-likeness (QED) is 0.0185. The number of H-pyrrole nitrogens is 1. The second-order valence-corrected chi connectivity index (χ2v) is 16.3. The first-order valence-corrected chi connectivity index (χ1v) is 22.3. The van der Waals surface area contributed by atoms with Crippen molar-refractivity contribution in [2.45, 2.75) is 67.4 Å². The van der Waals surface area contributed by atoms with Crippen LogP contribution in [-0.4, -0.2) is 114 Å². The summed E-state index contributed by atoms with van der Waals surface area (Å²) in [6.45, 7) is -0.707. The number of hydrogen-bond acceptors (Lipinski definition) is 15. The number of benzene rings is 4. The molecule has 0 spiro atoms. The molecule has 2 fully saturated rings. The molecule has 0 radical (unpaired) electrons. The lowest BCUT2D eigenvalue weighted by Gasteiger charge is -2.48. The summed E-state index contributed by atoms with van der Waals surface area (Å²) in [4.78, 5) is 74.4. The van der Waals surface area contributed by atoms with Crippen molar-refractivity contribution in [3.63, 3.8) is 0 Å². The minimum absolute atomic E-state index is 0.0643. The predicted molar refractivity (Wildman–Crippen MR) is 256 cm³/mol. The molecule has 1 aliphatic heterocycles. The molecule has 72 heavy (non-hydrogen) atoms. The number of pyridine rings is 1. The number of fused-ring (bicyclic) bond motifs is 3. The number of carbonyl (C=O) groups is 4. The van der Waals surface area contributed by atoms with Gasteiger partial charge in [-0.15, -0.1) is 0 Å². The molecule has 1 saturated heterocycles. The number of rotatable bonds is 18. The fourth-order valence-electron chi connectivity index (χ4n) is 8.66. The van der Waals surface area contributed by atoms with Crippen LogP contribution >= 0.6 is 0 Å². The first-order valence-electron chi connectivity index (χ1n) is 22.3. The Morgan fingerprint density at radius 2 is 1.19 bits per heavy atom. The number of para-hydroxylation sites is 1. The van der Waals surface area contributed by atoms with E-state index in [0.717, 1.165) is 21.8 Å². The molecule has 10 atom stereocenters. The molecule has 6 aromatic rings. The summed E-state index contributed by atoms with van der Waals surface area (Å²) in [6, 6.07) is 27.3. The summed E-state index contributed by atoms with van der Waals surface area (Å²) in [5.41, 5.74) is 41.2. The van der Waals surface area contributed by atoms with E-state index in [1.807, 2.05) is 24.3 Å². The number of hydrogen-bond donors (Lipinski definition) is 3. The summed E-state index contributed by atoms with van der Waals surface area (Å²) in [7, 11) is 0. The predicted octanol–water partition coefficient (Wildman–Crippen LogP) is 7.94. The molecule has 0 unspecified atom stereocenters. The Morgan fingerprint density at radius 3 is 1.79 bits per heavy atom. The summed E-state index contributed by atoms with van der Waals surface area (Å²) < 4.78 is 31.1. The number of amides is 1. The normalized spacial score (nSPS) is 23.4. The Hall–Kier alpha value is -9.17. The van der Waals surface area contributed by atoms with Crippen molar-refractivity contribution in [1.82, 2.24) is 20.6 Å². The molecule has 25 nitrogen and oxygen atoms in total. The van der Waals surface area contributed by atoms with Crippen molar-refractivity contribution < 1.29 is 42.9 Å². The van der Waals surface area contributed by atoms with E-state index >= 15 is 0 Å². The Bertz CT molecular complexity index is 3120. The number of aromatic nitrogens is 2. The lowest BCUT2D eigenvalue weighted by molar-refractivity contribution is -0.278. The second kappa shape index (κ2) is 23.4. The number of aromatic amines is 1. The van der Waals surface area contributed by atoms with Crippen LogP contribution in [0.1, 0.15) is 48.0 Å². The Balaban J connectivity index is 1.14. The number of ether oxygens (including phenoxy) is 5. The lowest BCUT2D eigenvalue weighted by Crippen LogP contribution is -2.66. The van der Waals surface area contributed by atoms with Gasteiger partial charge in [0.15, 0.2) is 18.5 Å². The molecule has 2 aliphatic rings. The maximum absolute atomic E-state index is 13.9. The van der Waals surface area contributed by atoms with Gasteiger partial charge in [-0.2, -0.15) is 0 Å². The van der Waals surface area contributed by atoms with E-state index < -0.39 is 91.3 Å². The highest BCUT2D eigenvalue weighted by atomic mass is 16.7. The van der Waals surface area contributed by atoms with Crippen LogP contribution in [-0.2, 0) is 23.7 Å². The first kappa shape index (κ1) is 49.3. The number of esters is 3. The van der Waals surface area contributed by atoms with Crippen molar-refractivity contribution in [3.8, 4) is 0 Å². The standard InChI is InChI=1S/C47H42N16O9/c48-60-55-25-36-41(70-45(66)27-14-6-2-7-15-27)42(71-46(67)28-16-8-3-9-17-28)38(59-63-51)47(68-36)72-40-33(58-62-50)23-32(57-61-49)39(69-44(65)26-12-4-1-5-13-26)37(40)52-20-21-53-43(64)34-22-30-29-18-10-11-19-31(29)56-35(30)24-54-34/h1-19,22,24,32-33,36-42,47,52,56H,20-21,23,25H2,(H,53,64)/t32-,33+,36-,37+,38-,39+,40-,41-,42-,47-/m1/s1. The van der Waals surface area contributed by atoms with E-state index in [2.05, 4.69) is 60.7 Å². The summed E-state index contributed by atoms with van der Waals surface area (Å²) in [5.74, 6) is -3.19. The van der Waals surface area contributed by atoms with Gasteiger partial charge in [0, 0.05) is 49.0 Å². The van der Waals surface area contributed by atoms with E-state index in [1.165, 1.54) is 36.4 Å². The largest absolute Gasteiger partial charge is 0.457 e. The average Bonchev–Trinajstić information content (AvgIpc) is 3.79. The van der Waals surface area contributed by atoms with Gasteiger partial charge in [-0.1, -0.05) is 93.3 Å². The highest BCUT2D eigenvalue weighted by molar-refractivity contribution is 6.09. The fourth-order valence-corrected chi connectivity index (χ4v) is 8.66. The zero-order valence-corrected chi connectivity index (χ0v) is 37.7. The van der Waals surface area contributed by atoms with Gasteiger partial charge in [0.05, 0.1) is 59.2 Å². The van der Waals surface area contributed by atoms with Crippen molar-refractivity contribution in [2.75, 3.05) is 19.6 Å². The lowest BCUT2D eigenvalue weighted by atomic mass is 9.82. The van der Waals surface area contributed by atoms with Crippen molar-refractivity contribution in [1.29, 1.82) is 0 Å². The third-order valence-electron chi connectivity index (χ3n) is 11.9. The monoisotopic (exact) mass is 974 g/mol. The molecular weight excluding hydrogens is 933 g/mol. The van der Waals surface area contributed by atoms with E-state index in [1.54, 1.807) is 66.9 Å². The van der Waals surface area contributed by atoms with Crippen LogP contribution in [0.5, 0.6) is 0 Å². The summed E-state index contributed by atoms with van der Waals surface area (Å²) in [6.07, 6.45) is -8.12. The highest BCUT2D eigenvalue weighted by Gasteiger charge is 2.54. The molecule has 8 rings (SSSR count).